The molecule has 2 nitrogen and oxygen atoms in total. The van der Waals surface area contributed by atoms with Crippen LogP contribution >= 0.6 is 0 Å². The number of rotatable bonds is 1. The Morgan fingerprint density at radius 2 is 1.12 bits per heavy atom. The second kappa shape index (κ2) is 6.49. The molecule has 0 saturated carbocycles. The predicted octanol–water partition coefficient (Wildman–Crippen LogP) is 8.40. The van der Waals surface area contributed by atoms with E-state index in [1.807, 2.05) is 12.3 Å². The van der Waals surface area contributed by atoms with Crippen molar-refractivity contribution in [2.24, 2.45) is 0 Å². The monoisotopic (exact) mass is 430 g/mol. The van der Waals surface area contributed by atoms with E-state index in [0.717, 1.165) is 33.1 Å². The molecule has 5 aromatic carbocycles. The minimum Gasteiger partial charge on any atom is -0.254 e. The van der Waals surface area contributed by atoms with E-state index in [9.17, 15) is 0 Å². The topological polar surface area (TPSA) is 25.8 Å². The second-order valence-corrected chi connectivity index (χ2v) is 9.04. The molecule has 0 unspecified atom stereocenters. The summed E-state index contributed by atoms with van der Waals surface area (Å²) < 4.78 is 0. The molecule has 7 aromatic rings. The van der Waals surface area contributed by atoms with Crippen LogP contribution in [0.5, 0.6) is 0 Å². The maximum Gasteiger partial charge on any atom is 0.0972 e. The van der Waals surface area contributed by atoms with E-state index in [1.54, 1.807) is 0 Å². The highest BCUT2D eigenvalue weighted by atomic mass is 14.8. The van der Waals surface area contributed by atoms with Gasteiger partial charge in [-0.3, -0.25) is 4.98 Å². The fraction of sp³-hybridized carbons (Fsp3) is 0. The van der Waals surface area contributed by atoms with Crippen molar-refractivity contribution in [2.75, 3.05) is 0 Å². The molecule has 2 heterocycles. The van der Waals surface area contributed by atoms with Gasteiger partial charge in [0.25, 0.3) is 0 Å². The summed E-state index contributed by atoms with van der Waals surface area (Å²) in [6, 6.07) is 37.1. The quantitative estimate of drug-likeness (QED) is 0.244. The number of nitrogens with zero attached hydrogens (tertiary/aromatic N) is 2. The third-order valence-electron chi connectivity index (χ3n) is 7.21. The highest BCUT2D eigenvalue weighted by Crippen LogP contribution is 2.50. The smallest absolute Gasteiger partial charge is 0.0972 e. The molecule has 0 fully saturated rings. The SMILES string of the molecule is c1ccc2cc3c(cc2c1)-c1cccc2c(-c4ccc5ccc6cccnc6c5n4)ccc-3c12. The fourth-order valence-electron chi connectivity index (χ4n) is 5.64. The van der Waals surface area contributed by atoms with Crippen molar-refractivity contribution in [1.29, 1.82) is 0 Å². The summed E-state index contributed by atoms with van der Waals surface area (Å²) in [4.78, 5) is 9.77. The van der Waals surface area contributed by atoms with Crippen LogP contribution in [0.3, 0.4) is 0 Å². The molecule has 0 aliphatic heterocycles. The average Bonchev–Trinajstić information content (AvgIpc) is 3.21. The molecule has 2 aromatic heterocycles. The van der Waals surface area contributed by atoms with Crippen molar-refractivity contribution in [2.45, 2.75) is 0 Å². The fourth-order valence-corrected chi connectivity index (χ4v) is 5.64. The van der Waals surface area contributed by atoms with Gasteiger partial charge >= 0.3 is 0 Å². The lowest BCUT2D eigenvalue weighted by Gasteiger charge is -2.10. The van der Waals surface area contributed by atoms with Crippen LogP contribution in [0.25, 0.3) is 76.9 Å². The highest BCUT2D eigenvalue weighted by molar-refractivity contribution is 6.20. The first-order chi connectivity index (χ1) is 16.8. The Morgan fingerprint density at radius 3 is 1.94 bits per heavy atom. The first-order valence-corrected chi connectivity index (χ1v) is 11.6. The number of benzene rings is 5. The van der Waals surface area contributed by atoms with Crippen LogP contribution in [-0.4, -0.2) is 9.97 Å². The van der Waals surface area contributed by atoms with Gasteiger partial charge in [-0.15, -0.1) is 0 Å². The summed E-state index contributed by atoms with van der Waals surface area (Å²) >= 11 is 0. The van der Waals surface area contributed by atoms with E-state index in [2.05, 4.69) is 102 Å². The Bertz CT molecular complexity index is 1920. The molecule has 0 saturated heterocycles. The zero-order valence-electron chi connectivity index (χ0n) is 18.3. The molecule has 0 bridgehead atoms. The maximum absolute atomic E-state index is 5.13. The standard InChI is InChI=1S/C32H18N2/c1-2-6-22-18-28-26-14-13-23(24-8-3-9-25(30(24)26)27(28)17-21(22)5-1)29-15-12-20-11-10-19-7-4-16-33-31(19)32(20)34-29/h1-18H. The van der Waals surface area contributed by atoms with E-state index >= 15 is 0 Å². The minimum atomic E-state index is 0.951. The molecule has 1 aliphatic carbocycles. The van der Waals surface area contributed by atoms with Gasteiger partial charge in [-0.05, 0) is 68.1 Å². The van der Waals surface area contributed by atoms with E-state index in [-0.39, 0.29) is 0 Å². The van der Waals surface area contributed by atoms with Gasteiger partial charge in [0.15, 0.2) is 0 Å². The van der Waals surface area contributed by atoms with Gasteiger partial charge < -0.3 is 0 Å². The molecule has 0 radical (unpaired) electrons. The van der Waals surface area contributed by atoms with Gasteiger partial charge in [0, 0.05) is 22.5 Å². The zero-order chi connectivity index (χ0) is 22.2. The van der Waals surface area contributed by atoms with Crippen LogP contribution in [-0.2, 0) is 0 Å². The number of hydrogen-bond acceptors (Lipinski definition) is 2. The lowest BCUT2D eigenvalue weighted by molar-refractivity contribution is 1.37. The molecule has 8 rings (SSSR count). The van der Waals surface area contributed by atoms with Crippen molar-refractivity contribution >= 4 is 43.4 Å². The zero-order valence-corrected chi connectivity index (χ0v) is 18.3. The maximum atomic E-state index is 5.13. The lowest BCUT2D eigenvalue weighted by atomic mass is 9.96. The minimum absolute atomic E-state index is 0.951. The summed E-state index contributed by atoms with van der Waals surface area (Å²) in [5.74, 6) is 0. The summed E-state index contributed by atoms with van der Waals surface area (Å²) in [6.45, 7) is 0. The van der Waals surface area contributed by atoms with Crippen LogP contribution < -0.4 is 0 Å². The van der Waals surface area contributed by atoms with Crippen LogP contribution in [0.4, 0.5) is 0 Å². The second-order valence-electron chi connectivity index (χ2n) is 9.04. The van der Waals surface area contributed by atoms with E-state index in [1.165, 1.54) is 43.8 Å². The van der Waals surface area contributed by atoms with Gasteiger partial charge in [-0.2, -0.15) is 0 Å². The number of pyridine rings is 2. The molecule has 1 aliphatic rings. The number of hydrogen-bond donors (Lipinski definition) is 0. The van der Waals surface area contributed by atoms with E-state index in [4.69, 9.17) is 4.98 Å². The summed E-state index contributed by atoms with van der Waals surface area (Å²) in [5.41, 5.74) is 9.30. The first kappa shape index (κ1) is 17.9. The predicted molar refractivity (Wildman–Crippen MR) is 142 cm³/mol. The Labute approximate surface area is 196 Å². The number of fused-ring (bicyclic) bond motifs is 7. The molecule has 34 heavy (non-hydrogen) atoms. The molecule has 0 amide bonds. The third-order valence-corrected chi connectivity index (χ3v) is 7.21. The largest absolute Gasteiger partial charge is 0.254 e. The molecule has 156 valence electrons. The van der Waals surface area contributed by atoms with E-state index in [0.29, 0.717) is 0 Å². The Hall–Kier alpha value is -4.56. The Kier molecular flexibility index (Phi) is 3.42. The van der Waals surface area contributed by atoms with Crippen LogP contribution in [0.2, 0.25) is 0 Å². The molecular weight excluding hydrogens is 412 g/mol. The summed E-state index contributed by atoms with van der Waals surface area (Å²) in [5, 5.41) is 7.35. The normalized spacial score (nSPS) is 12.1. The van der Waals surface area contributed by atoms with Gasteiger partial charge in [0.05, 0.1) is 16.7 Å². The van der Waals surface area contributed by atoms with Crippen LogP contribution in [0, 0.1) is 0 Å². The van der Waals surface area contributed by atoms with Crippen LogP contribution in [0.1, 0.15) is 0 Å². The first-order valence-electron chi connectivity index (χ1n) is 11.6. The van der Waals surface area contributed by atoms with Crippen LogP contribution in [0.15, 0.2) is 109 Å². The molecule has 2 heteroatoms. The van der Waals surface area contributed by atoms with Gasteiger partial charge in [0.2, 0.25) is 0 Å². The summed E-state index contributed by atoms with van der Waals surface area (Å²) in [7, 11) is 0. The Morgan fingerprint density at radius 1 is 0.441 bits per heavy atom. The summed E-state index contributed by atoms with van der Waals surface area (Å²) in [6.07, 6.45) is 1.84. The molecular formula is C32H18N2. The van der Waals surface area contributed by atoms with Gasteiger partial charge in [0.1, 0.15) is 0 Å². The molecule has 0 atom stereocenters. The average molecular weight is 431 g/mol. The highest BCUT2D eigenvalue weighted by Gasteiger charge is 2.23. The third kappa shape index (κ3) is 2.35. The molecule has 0 spiro atoms. The van der Waals surface area contributed by atoms with E-state index < -0.39 is 0 Å². The van der Waals surface area contributed by atoms with Crippen molar-refractivity contribution < 1.29 is 0 Å². The van der Waals surface area contributed by atoms with Gasteiger partial charge in [-0.25, -0.2) is 4.98 Å². The number of aromatic nitrogens is 2. The van der Waals surface area contributed by atoms with Crippen molar-refractivity contribution in [1.82, 2.24) is 9.97 Å². The van der Waals surface area contributed by atoms with Gasteiger partial charge in [-0.1, -0.05) is 78.9 Å². The van der Waals surface area contributed by atoms with Crippen molar-refractivity contribution in [3.8, 4) is 33.5 Å². The molecule has 0 N–H and O–H groups in total. The lowest BCUT2D eigenvalue weighted by Crippen LogP contribution is -1.90. The van der Waals surface area contributed by atoms with Crippen molar-refractivity contribution in [3.63, 3.8) is 0 Å². The van der Waals surface area contributed by atoms with Crippen molar-refractivity contribution in [3.05, 3.63) is 109 Å². The Balaban J connectivity index is 1.41.